The predicted octanol–water partition coefficient (Wildman–Crippen LogP) is 0.463. The minimum atomic E-state index is -1.16. The fraction of sp³-hybridized carbons (Fsp3) is 0.273. The molecule has 2 amide bonds. The molecule has 1 rings (SSSR count). The molecule has 0 spiro atoms. The Kier molecular flexibility index (Phi) is 4.81. The minimum absolute atomic E-state index is 0.131. The van der Waals surface area contributed by atoms with Crippen molar-refractivity contribution in [2.45, 2.75) is 13.0 Å². The average molecular weight is 267 g/mol. The number of aromatic carboxylic acids is 1. The van der Waals surface area contributed by atoms with Gasteiger partial charge in [-0.2, -0.15) is 0 Å². The van der Waals surface area contributed by atoms with Gasteiger partial charge in [0.05, 0.1) is 19.0 Å². The molecule has 1 heterocycles. The largest absolute Gasteiger partial charge is 0.477 e. The lowest BCUT2D eigenvalue weighted by molar-refractivity contribution is -0.142. The molecule has 8 nitrogen and oxygen atoms in total. The van der Waals surface area contributed by atoms with Crippen LogP contribution in [0.1, 0.15) is 17.4 Å². The highest BCUT2D eigenvalue weighted by molar-refractivity contribution is 5.92. The van der Waals surface area contributed by atoms with Crippen molar-refractivity contribution in [3.8, 4) is 0 Å². The molecule has 3 N–H and O–H groups in total. The number of hydrogen-bond donors (Lipinski definition) is 3. The number of carboxylic acid groups (broad SMARTS) is 1. The Morgan fingerprint density at radius 2 is 2.05 bits per heavy atom. The molecule has 0 aliphatic rings. The Morgan fingerprint density at radius 3 is 2.53 bits per heavy atom. The Hall–Kier alpha value is -2.64. The van der Waals surface area contributed by atoms with Gasteiger partial charge in [0.25, 0.3) is 0 Å². The first-order valence-corrected chi connectivity index (χ1v) is 5.28. The number of rotatable bonds is 4. The normalized spacial score (nSPS) is 11.3. The number of aromatic nitrogens is 1. The summed E-state index contributed by atoms with van der Waals surface area (Å²) in [5.74, 6) is -1.73. The molecule has 0 fully saturated rings. The topological polar surface area (TPSA) is 118 Å². The fourth-order valence-electron chi connectivity index (χ4n) is 1.19. The zero-order valence-electron chi connectivity index (χ0n) is 10.3. The van der Waals surface area contributed by atoms with Crippen molar-refractivity contribution in [1.29, 1.82) is 0 Å². The summed E-state index contributed by atoms with van der Waals surface area (Å²) in [6.07, 6.45) is 1.20. The number of pyridine rings is 1. The van der Waals surface area contributed by atoms with Gasteiger partial charge < -0.3 is 20.5 Å². The molecule has 0 aliphatic carbocycles. The maximum absolute atomic E-state index is 11.5. The Labute approximate surface area is 108 Å². The molecule has 1 unspecified atom stereocenters. The van der Waals surface area contributed by atoms with E-state index in [1.807, 2.05) is 0 Å². The van der Waals surface area contributed by atoms with E-state index in [-0.39, 0.29) is 5.69 Å². The van der Waals surface area contributed by atoms with E-state index in [2.05, 4.69) is 20.4 Å². The van der Waals surface area contributed by atoms with Gasteiger partial charge in [-0.1, -0.05) is 0 Å². The SMILES string of the molecule is COC(=O)C(C)NC(=O)Nc1ccc(C(=O)O)nc1. The minimum Gasteiger partial charge on any atom is -0.477 e. The summed E-state index contributed by atoms with van der Waals surface area (Å²) in [6, 6.07) is 1.22. The number of amides is 2. The van der Waals surface area contributed by atoms with E-state index < -0.39 is 24.0 Å². The number of nitrogens with zero attached hydrogens (tertiary/aromatic N) is 1. The van der Waals surface area contributed by atoms with Crippen LogP contribution < -0.4 is 10.6 Å². The molecule has 0 bridgehead atoms. The number of esters is 1. The summed E-state index contributed by atoms with van der Waals surface area (Å²) >= 11 is 0. The Bertz CT molecular complexity index is 486. The molecule has 1 aromatic rings. The maximum atomic E-state index is 11.5. The zero-order valence-corrected chi connectivity index (χ0v) is 10.3. The van der Waals surface area contributed by atoms with Crippen molar-refractivity contribution in [1.82, 2.24) is 10.3 Å². The summed E-state index contributed by atoms with van der Waals surface area (Å²) in [4.78, 5) is 36.8. The number of ether oxygens (including phenoxy) is 1. The molecule has 0 radical (unpaired) electrons. The zero-order chi connectivity index (χ0) is 14.4. The second kappa shape index (κ2) is 6.34. The molecule has 0 saturated carbocycles. The third-order valence-electron chi connectivity index (χ3n) is 2.14. The van der Waals surface area contributed by atoms with Gasteiger partial charge in [0.1, 0.15) is 11.7 Å². The number of methoxy groups -OCH3 is 1. The van der Waals surface area contributed by atoms with Crippen LogP contribution in [0.4, 0.5) is 10.5 Å². The lowest BCUT2D eigenvalue weighted by Crippen LogP contribution is -2.41. The number of carbonyl (C=O) groups is 3. The first-order valence-electron chi connectivity index (χ1n) is 5.28. The van der Waals surface area contributed by atoms with Crippen LogP contribution in [0.25, 0.3) is 0 Å². The van der Waals surface area contributed by atoms with E-state index in [9.17, 15) is 14.4 Å². The van der Waals surface area contributed by atoms with E-state index in [1.54, 1.807) is 0 Å². The van der Waals surface area contributed by atoms with Gasteiger partial charge in [0, 0.05) is 0 Å². The highest BCUT2D eigenvalue weighted by atomic mass is 16.5. The number of anilines is 1. The van der Waals surface area contributed by atoms with Crippen LogP contribution in [-0.2, 0) is 9.53 Å². The monoisotopic (exact) mass is 267 g/mol. The second-order valence-electron chi connectivity index (χ2n) is 3.58. The molecular weight excluding hydrogens is 254 g/mol. The first-order chi connectivity index (χ1) is 8.93. The number of hydrogen-bond acceptors (Lipinski definition) is 5. The Morgan fingerprint density at radius 1 is 1.37 bits per heavy atom. The van der Waals surface area contributed by atoms with E-state index in [0.717, 1.165) is 0 Å². The molecule has 8 heteroatoms. The second-order valence-corrected chi connectivity index (χ2v) is 3.58. The molecule has 0 saturated heterocycles. The van der Waals surface area contributed by atoms with Gasteiger partial charge in [-0.15, -0.1) is 0 Å². The highest BCUT2D eigenvalue weighted by Gasteiger charge is 2.15. The fourth-order valence-corrected chi connectivity index (χ4v) is 1.19. The van der Waals surface area contributed by atoms with E-state index in [4.69, 9.17) is 5.11 Å². The van der Waals surface area contributed by atoms with Gasteiger partial charge in [0.15, 0.2) is 0 Å². The molecule has 102 valence electrons. The van der Waals surface area contributed by atoms with Gasteiger partial charge in [-0.05, 0) is 19.1 Å². The number of nitrogens with one attached hydrogen (secondary N) is 2. The van der Waals surface area contributed by atoms with E-state index in [0.29, 0.717) is 5.69 Å². The lowest BCUT2D eigenvalue weighted by Gasteiger charge is -2.12. The molecule has 1 atom stereocenters. The van der Waals surface area contributed by atoms with Crippen LogP contribution in [0.5, 0.6) is 0 Å². The quantitative estimate of drug-likeness (QED) is 0.682. The summed E-state index contributed by atoms with van der Waals surface area (Å²) in [7, 11) is 1.22. The van der Waals surface area contributed by atoms with Crippen molar-refractivity contribution in [2.75, 3.05) is 12.4 Å². The van der Waals surface area contributed by atoms with Crippen LogP contribution in [0.3, 0.4) is 0 Å². The van der Waals surface area contributed by atoms with Crippen LogP contribution in [0, 0.1) is 0 Å². The third kappa shape index (κ3) is 4.26. The van der Waals surface area contributed by atoms with Gasteiger partial charge in [-0.3, -0.25) is 0 Å². The molecule has 0 aromatic carbocycles. The molecular formula is C11H13N3O5. The smallest absolute Gasteiger partial charge is 0.354 e. The molecule has 1 aromatic heterocycles. The van der Waals surface area contributed by atoms with Crippen LogP contribution >= 0.6 is 0 Å². The first kappa shape index (κ1) is 14.4. The van der Waals surface area contributed by atoms with Crippen LogP contribution in [0.2, 0.25) is 0 Å². The Balaban J connectivity index is 2.57. The van der Waals surface area contributed by atoms with Crippen molar-refractivity contribution in [3.63, 3.8) is 0 Å². The summed E-state index contributed by atoms with van der Waals surface area (Å²) in [5, 5.41) is 13.4. The predicted molar refractivity (Wildman–Crippen MR) is 64.8 cm³/mol. The van der Waals surface area contributed by atoms with Crippen molar-refractivity contribution in [3.05, 3.63) is 24.0 Å². The van der Waals surface area contributed by atoms with Gasteiger partial charge in [-0.25, -0.2) is 19.4 Å². The van der Waals surface area contributed by atoms with Crippen molar-refractivity contribution >= 4 is 23.7 Å². The van der Waals surface area contributed by atoms with Gasteiger partial charge in [0.2, 0.25) is 0 Å². The van der Waals surface area contributed by atoms with Crippen LogP contribution in [0.15, 0.2) is 18.3 Å². The number of carbonyl (C=O) groups excluding carboxylic acids is 2. The van der Waals surface area contributed by atoms with Gasteiger partial charge >= 0.3 is 18.0 Å². The number of carboxylic acids is 1. The molecule has 0 aliphatic heterocycles. The highest BCUT2D eigenvalue weighted by Crippen LogP contribution is 2.06. The standard InChI is InChI=1S/C11H13N3O5/c1-6(10(17)19-2)13-11(18)14-7-3-4-8(9(15)16)12-5-7/h3-6H,1-2H3,(H,15,16)(H2,13,14,18). The summed E-state index contributed by atoms with van der Waals surface area (Å²) in [5.41, 5.74) is 0.174. The van der Waals surface area contributed by atoms with E-state index in [1.165, 1.54) is 32.4 Å². The number of urea groups is 1. The summed E-state index contributed by atoms with van der Waals surface area (Å²) < 4.78 is 4.45. The van der Waals surface area contributed by atoms with Crippen molar-refractivity contribution in [2.24, 2.45) is 0 Å². The summed E-state index contributed by atoms with van der Waals surface area (Å²) in [6.45, 7) is 1.47. The van der Waals surface area contributed by atoms with Crippen molar-refractivity contribution < 1.29 is 24.2 Å². The lowest BCUT2D eigenvalue weighted by atomic mass is 10.3. The van der Waals surface area contributed by atoms with Crippen LogP contribution in [-0.4, -0.2) is 41.2 Å². The van der Waals surface area contributed by atoms with E-state index >= 15 is 0 Å². The third-order valence-corrected chi connectivity index (χ3v) is 2.14. The average Bonchev–Trinajstić information content (AvgIpc) is 2.38. The molecule has 19 heavy (non-hydrogen) atoms. The maximum Gasteiger partial charge on any atom is 0.354 e.